The van der Waals surface area contributed by atoms with Gasteiger partial charge >= 0.3 is 0 Å². The van der Waals surface area contributed by atoms with E-state index in [1.54, 1.807) is 6.07 Å². The molecule has 0 radical (unpaired) electrons. The molecule has 0 amide bonds. The van der Waals surface area contributed by atoms with Crippen LogP contribution in [0.1, 0.15) is 10.4 Å². The number of aliphatic hydroxyl groups excluding tert-OH is 1. The molecule has 19 heavy (non-hydrogen) atoms. The Morgan fingerprint density at radius 3 is 3.05 bits per heavy atom. The van der Waals surface area contributed by atoms with Crippen molar-refractivity contribution in [1.82, 2.24) is 14.9 Å². The number of nitrogens with zero attached hydrogens (tertiary/aromatic N) is 1. The first kappa shape index (κ1) is 13.8. The molecule has 8 heteroatoms. The Kier molecular flexibility index (Phi) is 4.34. The predicted molar refractivity (Wildman–Crippen MR) is 70.9 cm³/mol. The molecule has 2 heterocycles. The number of hydrogen-bond acceptors (Lipinski definition) is 5. The van der Waals surface area contributed by atoms with Gasteiger partial charge in [-0.25, -0.2) is 13.1 Å². The number of aromatic amines is 1. The summed E-state index contributed by atoms with van der Waals surface area (Å²) in [5.41, 5.74) is 0.717. The summed E-state index contributed by atoms with van der Waals surface area (Å²) >= 11 is 1.40. The third-order valence-corrected chi connectivity index (χ3v) is 4.54. The second-order valence-electron chi connectivity index (χ2n) is 3.48. The Balaban J connectivity index is 2.10. The lowest BCUT2D eigenvalue weighted by atomic mass is 10.2. The number of thiophene rings is 1. The summed E-state index contributed by atoms with van der Waals surface area (Å²) in [5, 5.41) is 16.5. The Morgan fingerprint density at radius 2 is 2.37 bits per heavy atom. The molecule has 0 saturated heterocycles. The van der Waals surface area contributed by atoms with Gasteiger partial charge in [-0.15, -0.1) is 11.3 Å². The van der Waals surface area contributed by atoms with Crippen molar-refractivity contribution in [2.75, 3.05) is 6.61 Å². The van der Waals surface area contributed by atoms with Gasteiger partial charge in [-0.3, -0.25) is 5.10 Å². The zero-order valence-electron chi connectivity index (χ0n) is 9.75. The standard InChI is InChI=1S/C11H11N3O3S2/c15-4-1-2-9-3-5-18-11(9)8-14-19(16,17)10-6-12-13-7-10/h3,5-7,14-15H,4,8H2,(H,12,13). The maximum atomic E-state index is 11.9. The van der Waals surface area contributed by atoms with E-state index in [1.165, 1.54) is 23.7 Å². The van der Waals surface area contributed by atoms with E-state index in [0.717, 1.165) is 4.88 Å². The topological polar surface area (TPSA) is 95.1 Å². The Hall–Kier alpha value is -1.66. The first-order chi connectivity index (χ1) is 9.13. The van der Waals surface area contributed by atoms with E-state index < -0.39 is 10.0 Å². The van der Waals surface area contributed by atoms with Crippen molar-refractivity contribution < 1.29 is 13.5 Å². The molecule has 2 rings (SSSR count). The number of aromatic nitrogens is 2. The Morgan fingerprint density at radius 1 is 1.53 bits per heavy atom. The van der Waals surface area contributed by atoms with Crippen LogP contribution in [0, 0.1) is 11.8 Å². The molecular weight excluding hydrogens is 286 g/mol. The van der Waals surface area contributed by atoms with Gasteiger partial charge in [-0.1, -0.05) is 11.8 Å². The first-order valence-corrected chi connectivity index (χ1v) is 7.64. The second kappa shape index (κ2) is 5.99. The van der Waals surface area contributed by atoms with E-state index in [1.807, 2.05) is 5.38 Å². The van der Waals surface area contributed by atoms with E-state index in [9.17, 15) is 8.42 Å². The van der Waals surface area contributed by atoms with E-state index in [0.29, 0.717) is 5.56 Å². The van der Waals surface area contributed by atoms with Crippen molar-refractivity contribution in [3.63, 3.8) is 0 Å². The molecule has 0 spiro atoms. The van der Waals surface area contributed by atoms with Gasteiger partial charge in [-0.2, -0.15) is 5.10 Å². The van der Waals surface area contributed by atoms with Gasteiger partial charge < -0.3 is 5.11 Å². The maximum Gasteiger partial charge on any atom is 0.244 e. The van der Waals surface area contributed by atoms with Crippen molar-refractivity contribution in [1.29, 1.82) is 0 Å². The average molecular weight is 297 g/mol. The Bertz CT molecular complexity index is 693. The summed E-state index contributed by atoms with van der Waals surface area (Å²) in [5.74, 6) is 5.31. The van der Waals surface area contributed by atoms with Crippen LogP contribution in [0.15, 0.2) is 28.7 Å². The molecular formula is C11H11N3O3S2. The lowest BCUT2D eigenvalue weighted by molar-refractivity contribution is 0.350. The highest BCUT2D eigenvalue weighted by molar-refractivity contribution is 7.89. The van der Waals surface area contributed by atoms with E-state index in [2.05, 4.69) is 26.8 Å². The molecule has 100 valence electrons. The first-order valence-electron chi connectivity index (χ1n) is 5.28. The molecule has 0 unspecified atom stereocenters. The molecule has 0 atom stereocenters. The van der Waals surface area contributed by atoms with Crippen LogP contribution < -0.4 is 4.72 Å². The van der Waals surface area contributed by atoms with Gasteiger partial charge in [0.15, 0.2) is 0 Å². The minimum absolute atomic E-state index is 0.0899. The van der Waals surface area contributed by atoms with Crippen LogP contribution in [0.2, 0.25) is 0 Å². The van der Waals surface area contributed by atoms with Crippen LogP contribution in [0.25, 0.3) is 0 Å². The van der Waals surface area contributed by atoms with Crippen LogP contribution in [-0.4, -0.2) is 30.3 Å². The van der Waals surface area contributed by atoms with Gasteiger partial charge in [0.05, 0.1) is 6.20 Å². The van der Waals surface area contributed by atoms with Crippen LogP contribution >= 0.6 is 11.3 Å². The third-order valence-electron chi connectivity index (χ3n) is 2.25. The maximum absolute atomic E-state index is 11.9. The monoisotopic (exact) mass is 297 g/mol. The highest BCUT2D eigenvalue weighted by atomic mass is 32.2. The number of sulfonamides is 1. The van der Waals surface area contributed by atoms with Gasteiger partial charge in [0, 0.05) is 23.2 Å². The fourth-order valence-corrected chi connectivity index (χ4v) is 3.12. The highest BCUT2D eigenvalue weighted by Gasteiger charge is 2.15. The largest absolute Gasteiger partial charge is 0.384 e. The summed E-state index contributed by atoms with van der Waals surface area (Å²) in [7, 11) is -3.56. The lowest BCUT2D eigenvalue weighted by Crippen LogP contribution is -2.22. The zero-order chi connectivity index (χ0) is 13.7. The van der Waals surface area contributed by atoms with Gasteiger partial charge in [-0.05, 0) is 11.4 Å². The molecule has 0 aliphatic rings. The van der Waals surface area contributed by atoms with E-state index in [4.69, 9.17) is 5.11 Å². The van der Waals surface area contributed by atoms with Gasteiger partial charge in [0.2, 0.25) is 10.0 Å². The summed E-state index contributed by atoms with van der Waals surface area (Å²) in [6.07, 6.45) is 2.55. The minimum atomic E-state index is -3.56. The fourth-order valence-electron chi connectivity index (χ4n) is 1.35. The van der Waals surface area contributed by atoms with Gasteiger partial charge in [0.1, 0.15) is 11.5 Å². The molecule has 6 nitrogen and oxygen atoms in total. The van der Waals surface area contributed by atoms with E-state index >= 15 is 0 Å². The predicted octanol–water partition coefficient (Wildman–Crippen LogP) is 0.294. The zero-order valence-corrected chi connectivity index (χ0v) is 11.4. The van der Waals surface area contributed by atoms with E-state index in [-0.39, 0.29) is 18.0 Å². The van der Waals surface area contributed by atoms with Crippen molar-refractivity contribution in [2.24, 2.45) is 0 Å². The van der Waals surface area contributed by atoms with Crippen molar-refractivity contribution in [2.45, 2.75) is 11.4 Å². The molecule has 0 aliphatic heterocycles. The average Bonchev–Trinajstić information content (AvgIpc) is 3.05. The molecule has 0 bridgehead atoms. The molecule has 0 aromatic carbocycles. The fraction of sp³-hybridized carbons (Fsp3) is 0.182. The number of aliphatic hydroxyl groups is 1. The number of H-pyrrole nitrogens is 1. The summed E-state index contributed by atoms with van der Waals surface area (Å²) in [4.78, 5) is 0.889. The lowest BCUT2D eigenvalue weighted by Gasteiger charge is -2.03. The van der Waals surface area contributed by atoms with Crippen LogP contribution in [-0.2, 0) is 16.6 Å². The van der Waals surface area contributed by atoms with Gasteiger partial charge in [0.25, 0.3) is 0 Å². The molecule has 0 aliphatic carbocycles. The van der Waals surface area contributed by atoms with Crippen LogP contribution in [0.3, 0.4) is 0 Å². The Labute approximate surface area is 114 Å². The smallest absolute Gasteiger partial charge is 0.244 e. The number of hydrogen-bond donors (Lipinski definition) is 3. The SMILES string of the molecule is O=S(=O)(NCc1sccc1C#CCO)c1cn[nH]c1. The summed E-state index contributed by atoms with van der Waals surface area (Å²) in [6, 6.07) is 1.79. The molecule has 3 N–H and O–H groups in total. The van der Waals surface area contributed by atoms with Crippen LogP contribution in [0.5, 0.6) is 0 Å². The summed E-state index contributed by atoms with van der Waals surface area (Å²) < 4.78 is 26.2. The number of rotatable bonds is 4. The minimum Gasteiger partial charge on any atom is -0.384 e. The third kappa shape index (κ3) is 3.42. The molecule has 2 aromatic heterocycles. The second-order valence-corrected chi connectivity index (χ2v) is 6.24. The quantitative estimate of drug-likeness (QED) is 0.707. The van der Waals surface area contributed by atoms with Crippen molar-refractivity contribution in [3.8, 4) is 11.8 Å². The summed E-state index contributed by atoms with van der Waals surface area (Å²) in [6.45, 7) is -0.0728. The highest BCUT2D eigenvalue weighted by Crippen LogP contribution is 2.16. The normalized spacial score (nSPS) is 11.0. The van der Waals surface area contributed by atoms with Crippen LogP contribution in [0.4, 0.5) is 0 Å². The number of nitrogens with one attached hydrogen (secondary N) is 2. The van der Waals surface area contributed by atoms with Crippen molar-refractivity contribution in [3.05, 3.63) is 34.3 Å². The molecule has 0 fully saturated rings. The molecule has 0 saturated carbocycles. The molecule has 2 aromatic rings. The van der Waals surface area contributed by atoms with Crippen molar-refractivity contribution >= 4 is 21.4 Å².